The van der Waals surface area contributed by atoms with Crippen molar-refractivity contribution in [2.45, 2.75) is 82.4 Å². The number of allylic oxidation sites excluding steroid dienone is 1. The summed E-state index contributed by atoms with van der Waals surface area (Å²) in [5, 5.41) is 0. The number of aryl methyl sites for hydroxylation is 1. The quantitative estimate of drug-likeness (QED) is 0.294. The molecule has 0 amide bonds. The second-order valence-electron chi connectivity index (χ2n) is 6.74. The fraction of sp³-hybridized carbons (Fsp3) is 0.619. The van der Waals surface area contributed by atoms with Crippen LogP contribution in [0.15, 0.2) is 41.8 Å². The van der Waals surface area contributed by atoms with E-state index in [2.05, 4.69) is 6.58 Å². The van der Waals surface area contributed by atoms with Crippen LogP contribution in [0.2, 0.25) is 0 Å². The maximum absolute atomic E-state index is 12.2. The topological polar surface area (TPSA) is 34.1 Å². The molecule has 0 aromatic heterocycles. The maximum atomic E-state index is 12.2. The molecular weight excluding hydrogens is 316 g/mol. The molecule has 0 bridgehead atoms. The molecule has 0 aliphatic heterocycles. The SMILES string of the molecule is C=CCCCCCCCCCCCCS(=O)(=O)c1ccc(C)cc1. The summed E-state index contributed by atoms with van der Waals surface area (Å²) in [5.74, 6) is 0.277. The van der Waals surface area contributed by atoms with Crippen LogP contribution in [0.1, 0.15) is 76.2 Å². The molecule has 0 aliphatic rings. The zero-order valence-electron chi connectivity index (χ0n) is 15.3. The maximum Gasteiger partial charge on any atom is 0.178 e. The van der Waals surface area contributed by atoms with Crippen LogP contribution in [-0.2, 0) is 9.84 Å². The number of unbranched alkanes of at least 4 members (excludes halogenated alkanes) is 10. The average molecular weight is 351 g/mol. The third-order valence-electron chi connectivity index (χ3n) is 4.45. The fourth-order valence-corrected chi connectivity index (χ4v) is 4.23. The molecule has 0 N–H and O–H groups in total. The van der Waals surface area contributed by atoms with Crippen LogP contribution in [0.4, 0.5) is 0 Å². The molecule has 24 heavy (non-hydrogen) atoms. The lowest BCUT2D eigenvalue weighted by Crippen LogP contribution is -2.06. The molecule has 0 saturated carbocycles. The van der Waals surface area contributed by atoms with E-state index in [4.69, 9.17) is 0 Å². The Hall–Kier alpha value is -1.09. The highest BCUT2D eigenvalue weighted by Crippen LogP contribution is 2.15. The van der Waals surface area contributed by atoms with Crippen molar-refractivity contribution in [3.63, 3.8) is 0 Å². The third kappa shape index (κ3) is 9.27. The van der Waals surface area contributed by atoms with Crippen molar-refractivity contribution in [3.05, 3.63) is 42.5 Å². The van der Waals surface area contributed by atoms with Crippen molar-refractivity contribution < 1.29 is 8.42 Å². The first-order valence-corrected chi connectivity index (χ1v) is 11.1. The summed E-state index contributed by atoms with van der Waals surface area (Å²) >= 11 is 0. The van der Waals surface area contributed by atoms with Gasteiger partial charge in [-0.3, -0.25) is 0 Å². The average Bonchev–Trinajstić information content (AvgIpc) is 2.56. The van der Waals surface area contributed by atoms with Gasteiger partial charge in [0.15, 0.2) is 9.84 Å². The predicted molar refractivity (Wildman–Crippen MR) is 104 cm³/mol. The van der Waals surface area contributed by atoms with Crippen molar-refractivity contribution in [2.75, 3.05) is 5.75 Å². The highest BCUT2D eigenvalue weighted by Gasteiger charge is 2.13. The molecule has 0 saturated heterocycles. The van der Waals surface area contributed by atoms with Gasteiger partial charge in [0.2, 0.25) is 0 Å². The Morgan fingerprint density at radius 1 is 0.792 bits per heavy atom. The van der Waals surface area contributed by atoms with Gasteiger partial charge < -0.3 is 0 Å². The van der Waals surface area contributed by atoms with Gasteiger partial charge in [-0.15, -0.1) is 6.58 Å². The summed E-state index contributed by atoms with van der Waals surface area (Å²) in [6.45, 7) is 5.71. The zero-order chi connectivity index (χ0) is 17.7. The lowest BCUT2D eigenvalue weighted by molar-refractivity contribution is 0.554. The van der Waals surface area contributed by atoms with Crippen LogP contribution < -0.4 is 0 Å². The zero-order valence-corrected chi connectivity index (χ0v) is 16.1. The van der Waals surface area contributed by atoms with Gasteiger partial charge in [-0.05, 0) is 38.3 Å². The lowest BCUT2D eigenvalue weighted by atomic mass is 10.1. The normalized spacial score (nSPS) is 11.5. The third-order valence-corrected chi connectivity index (χ3v) is 6.27. The molecule has 1 aromatic carbocycles. The summed E-state index contributed by atoms with van der Waals surface area (Å²) in [6, 6.07) is 7.17. The fourth-order valence-electron chi connectivity index (χ4n) is 2.86. The molecule has 136 valence electrons. The van der Waals surface area contributed by atoms with Crippen LogP contribution in [0.25, 0.3) is 0 Å². The van der Waals surface area contributed by atoms with E-state index >= 15 is 0 Å². The Morgan fingerprint density at radius 3 is 1.75 bits per heavy atom. The largest absolute Gasteiger partial charge is 0.224 e. The minimum Gasteiger partial charge on any atom is -0.224 e. The van der Waals surface area contributed by atoms with Crippen molar-refractivity contribution in [2.24, 2.45) is 0 Å². The summed E-state index contributed by atoms with van der Waals surface area (Å²) in [6.07, 6.45) is 15.2. The molecule has 0 spiro atoms. The first-order valence-electron chi connectivity index (χ1n) is 9.46. The summed E-state index contributed by atoms with van der Waals surface area (Å²) in [7, 11) is -3.10. The van der Waals surface area contributed by atoms with Crippen LogP contribution in [0, 0.1) is 6.92 Å². The van der Waals surface area contributed by atoms with E-state index in [1.165, 1.54) is 44.9 Å². The van der Waals surface area contributed by atoms with E-state index in [9.17, 15) is 8.42 Å². The summed E-state index contributed by atoms with van der Waals surface area (Å²) in [5.41, 5.74) is 1.09. The molecular formula is C21H34O2S. The lowest BCUT2D eigenvalue weighted by Gasteiger charge is -2.05. The smallest absolute Gasteiger partial charge is 0.178 e. The Kier molecular flexibility index (Phi) is 10.7. The van der Waals surface area contributed by atoms with Crippen molar-refractivity contribution in [1.82, 2.24) is 0 Å². The van der Waals surface area contributed by atoms with Crippen molar-refractivity contribution >= 4 is 9.84 Å². The molecule has 0 fully saturated rings. The Morgan fingerprint density at radius 2 is 1.25 bits per heavy atom. The predicted octanol–water partition coefficient (Wildman–Crippen LogP) is 6.25. The first-order chi connectivity index (χ1) is 11.6. The summed E-state index contributed by atoms with van der Waals surface area (Å²) in [4.78, 5) is 0.463. The van der Waals surface area contributed by atoms with E-state index in [0.29, 0.717) is 4.90 Å². The van der Waals surface area contributed by atoms with Gasteiger partial charge in [0, 0.05) is 0 Å². The standard InChI is InChI=1S/C21H34O2S/c1-3-4-5-6-7-8-9-10-11-12-13-14-19-24(22,23)21-17-15-20(2)16-18-21/h3,15-18H,1,4-14,19H2,2H3. The molecule has 2 nitrogen and oxygen atoms in total. The highest BCUT2D eigenvalue weighted by atomic mass is 32.2. The Bertz CT molecular complexity index is 544. The van der Waals surface area contributed by atoms with Crippen LogP contribution in [-0.4, -0.2) is 14.2 Å². The van der Waals surface area contributed by atoms with Gasteiger partial charge in [0.1, 0.15) is 0 Å². The minimum absolute atomic E-state index is 0.277. The molecule has 1 aromatic rings. The highest BCUT2D eigenvalue weighted by molar-refractivity contribution is 7.91. The van der Waals surface area contributed by atoms with Crippen molar-refractivity contribution in [3.8, 4) is 0 Å². The molecule has 3 heteroatoms. The van der Waals surface area contributed by atoms with E-state index in [0.717, 1.165) is 31.2 Å². The van der Waals surface area contributed by atoms with Gasteiger partial charge in [-0.25, -0.2) is 8.42 Å². The minimum atomic E-state index is -3.10. The Balaban J connectivity index is 2.02. The molecule has 0 radical (unpaired) electrons. The van der Waals surface area contributed by atoms with E-state index in [1.54, 1.807) is 12.1 Å². The summed E-state index contributed by atoms with van der Waals surface area (Å²) < 4.78 is 24.4. The van der Waals surface area contributed by atoms with Gasteiger partial charge in [0.05, 0.1) is 10.6 Å². The first kappa shape index (κ1) is 21.0. The van der Waals surface area contributed by atoms with E-state index in [-0.39, 0.29) is 5.75 Å². The molecule has 0 atom stereocenters. The number of hydrogen-bond acceptors (Lipinski definition) is 2. The molecule has 0 unspecified atom stereocenters. The molecule has 1 rings (SSSR count). The second-order valence-corrected chi connectivity index (χ2v) is 8.85. The number of benzene rings is 1. The molecule has 0 aliphatic carbocycles. The van der Waals surface area contributed by atoms with Crippen LogP contribution in [0.3, 0.4) is 0 Å². The van der Waals surface area contributed by atoms with E-state index in [1.807, 2.05) is 25.1 Å². The monoisotopic (exact) mass is 350 g/mol. The van der Waals surface area contributed by atoms with Gasteiger partial charge in [-0.1, -0.05) is 75.1 Å². The number of hydrogen-bond donors (Lipinski definition) is 0. The van der Waals surface area contributed by atoms with Gasteiger partial charge in [-0.2, -0.15) is 0 Å². The van der Waals surface area contributed by atoms with Crippen LogP contribution >= 0.6 is 0 Å². The second kappa shape index (κ2) is 12.3. The Labute approximate surface area is 149 Å². The number of rotatable bonds is 14. The van der Waals surface area contributed by atoms with Crippen molar-refractivity contribution in [1.29, 1.82) is 0 Å². The van der Waals surface area contributed by atoms with Gasteiger partial charge in [0.25, 0.3) is 0 Å². The van der Waals surface area contributed by atoms with E-state index < -0.39 is 9.84 Å². The number of sulfone groups is 1. The van der Waals surface area contributed by atoms with Crippen LogP contribution in [0.5, 0.6) is 0 Å². The van der Waals surface area contributed by atoms with Gasteiger partial charge >= 0.3 is 0 Å². The molecule has 0 heterocycles.